The van der Waals surface area contributed by atoms with E-state index in [1.54, 1.807) is 6.07 Å². The first-order chi connectivity index (χ1) is 8.50. The van der Waals surface area contributed by atoms with Gasteiger partial charge in [0.25, 0.3) is 0 Å². The molecule has 18 heavy (non-hydrogen) atoms. The minimum absolute atomic E-state index is 0.222. The molecule has 0 spiro atoms. The first kappa shape index (κ1) is 14.7. The van der Waals surface area contributed by atoms with E-state index in [0.717, 1.165) is 19.0 Å². The third kappa shape index (κ3) is 3.06. The molecule has 0 heterocycles. The molecule has 0 aromatic heterocycles. The van der Waals surface area contributed by atoms with Crippen molar-refractivity contribution >= 4 is 63.7 Å². The van der Waals surface area contributed by atoms with Gasteiger partial charge in [-0.3, -0.25) is 0 Å². The minimum Gasteiger partial charge on any atom is -0.207 e. The van der Waals surface area contributed by atoms with Crippen molar-refractivity contribution in [3.05, 3.63) is 66.8 Å². The molecular weight excluding hydrogens is 495 g/mol. The topological polar surface area (TPSA) is 0 Å². The van der Waals surface area contributed by atoms with E-state index in [-0.39, 0.29) is 10.6 Å². The van der Waals surface area contributed by atoms with Crippen molar-refractivity contribution in [2.75, 3.05) is 0 Å². The van der Waals surface area contributed by atoms with Crippen LogP contribution in [0.3, 0.4) is 0 Å². The molecule has 0 saturated heterocycles. The van der Waals surface area contributed by atoms with E-state index < -0.39 is 0 Å². The molecule has 0 N–H and O–H groups in total. The third-order valence-corrected chi connectivity index (χ3v) is 5.34. The van der Waals surface area contributed by atoms with E-state index in [0.29, 0.717) is 5.56 Å². The molecule has 0 aliphatic heterocycles. The van der Waals surface area contributed by atoms with Gasteiger partial charge in [-0.05, 0) is 35.9 Å². The summed E-state index contributed by atoms with van der Waals surface area (Å²) in [5.41, 5.74) is 1.56. The fraction of sp³-hybridized carbons (Fsp3) is 0.0769. The predicted molar refractivity (Wildman–Crippen MR) is 86.7 cm³/mol. The van der Waals surface area contributed by atoms with Gasteiger partial charge in [-0.1, -0.05) is 69.8 Å². The maximum atomic E-state index is 13.9. The second-order valence-electron chi connectivity index (χ2n) is 3.66. The van der Waals surface area contributed by atoms with E-state index in [1.165, 1.54) is 6.07 Å². The molecule has 0 aliphatic carbocycles. The van der Waals surface area contributed by atoms with Gasteiger partial charge >= 0.3 is 0 Å². The normalized spacial score (nSPS) is 12.5. The Balaban J connectivity index is 2.54. The Morgan fingerprint density at radius 2 is 1.67 bits per heavy atom. The van der Waals surface area contributed by atoms with Crippen LogP contribution in [0.4, 0.5) is 4.39 Å². The fourth-order valence-electron chi connectivity index (χ4n) is 1.62. The SMILES string of the molecule is Fc1cccc(Br)c1C(Br)c1cc(Br)ccc1Br. The summed E-state index contributed by atoms with van der Waals surface area (Å²) in [7, 11) is 0. The highest BCUT2D eigenvalue weighted by Gasteiger charge is 2.20. The molecule has 0 radical (unpaired) electrons. The lowest BCUT2D eigenvalue weighted by Crippen LogP contribution is -1.99. The average molecular weight is 502 g/mol. The van der Waals surface area contributed by atoms with Crippen molar-refractivity contribution in [2.45, 2.75) is 4.83 Å². The van der Waals surface area contributed by atoms with Crippen LogP contribution in [0.15, 0.2) is 49.8 Å². The van der Waals surface area contributed by atoms with Gasteiger partial charge in [0.15, 0.2) is 0 Å². The monoisotopic (exact) mass is 498 g/mol. The van der Waals surface area contributed by atoms with E-state index in [2.05, 4.69) is 63.7 Å². The lowest BCUT2D eigenvalue weighted by molar-refractivity contribution is 0.612. The smallest absolute Gasteiger partial charge is 0.129 e. The second-order valence-corrected chi connectivity index (χ2v) is 7.20. The van der Waals surface area contributed by atoms with Crippen LogP contribution >= 0.6 is 63.7 Å². The van der Waals surface area contributed by atoms with Crippen LogP contribution in [-0.2, 0) is 0 Å². The Hall–Kier alpha value is 0.290. The van der Waals surface area contributed by atoms with Crippen LogP contribution in [0.25, 0.3) is 0 Å². The molecule has 0 bridgehead atoms. The van der Waals surface area contributed by atoms with Crippen molar-refractivity contribution in [3.8, 4) is 0 Å². The van der Waals surface area contributed by atoms with E-state index in [1.807, 2.05) is 24.3 Å². The van der Waals surface area contributed by atoms with Gasteiger partial charge in [0.05, 0.1) is 4.83 Å². The number of hydrogen-bond acceptors (Lipinski definition) is 0. The molecule has 2 rings (SSSR count). The Bertz CT molecular complexity index is 563. The van der Waals surface area contributed by atoms with Crippen molar-refractivity contribution in [1.29, 1.82) is 0 Å². The fourth-order valence-corrected chi connectivity index (χ4v) is 4.50. The van der Waals surface area contributed by atoms with Gasteiger partial charge in [-0.25, -0.2) is 4.39 Å². The molecule has 0 nitrogen and oxygen atoms in total. The molecule has 0 saturated carbocycles. The summed E-state index contributed by atoms with van der Waals surface area (Å²) >= 11 is 13.9. The minimum atomic E-state index is -0.238. The van der Waals surface area contributed by atoms with E-state index in [9.17, 15) is 4.39 Å². The van der Waals surface area contributed by atoms with Gasteiger partial charge in [-0.15, -0.1) is 0 Å². The molecule has 2 aromatic carbocycles. The number of benzene rings is 2. The van der Waals surface area contributed by atoms with E-state index in [4.69, 9.17) is 0 Å². The average Bonchev–Trinajstić information content (AvgIpc) is 2.32. The summed E-state index contributed by atoms with van der Waals surface area (Å²) in [6.07, 6.45) is 0. The Morgan fingerprint density at radius 3 is 2.33 bits per heavy atom. The molecule has 0 fully saturated rings. The van der Waals surface area contributed by atoms with Crippen LogP contribution in [0.2, 0.25) is 0 Å². The van der Waals surface area contributed by atoms with Crippen molar-refractivity contribution in [3.63, 3.8) is 0 Å². The molecule has 2 aromatic rings. The van der Waals surface area contributed by atoms with Crippen molar-refractivity contribution in [1.82, 2.24) is 0 Å². The quantitative estimate of drug-likeness (QED) is 0.407. The number of alkyl halides is 1. The van der Waals surface area contributed by atoms with Crippen LogP contribution in [0, 0.1) is 5.82 Å². The van der Waals surface area contributed by atoms with Crippen molar-refractivity contribution < 1.29 is 4.39 Å². The molecule has 5 heteroatoms. The van der Waals surface area contributed by atoms with Crippen LogP contribution in [-0.4, -0.2) is 0 Å². The lowest BCUT2D eigenvalue weighted by Gasteiger charge is -2.15. The summed E-state index contributed by atoms with van der Waals surface area (Å²) in [6, 6.07) is 10.8. The zero-order chi connectivity index (χ0) is 13.3. The second kappa shape index (κ2) is 6.16. The van der Waals surface area contributed by atoms with Gasteiger partial charge in [0, 0.05) is 19.0 Å². The van der Waals surface area contributed by atoms with Gasteiger partial charge in [0.2, 0.25) is 0 Å². The first-order valence-electron chi connectivity index (χ1n) is 5.03. The maximum Gasteiger partial charge on any atom is 0.129 e. The van der Waals surface area contributed by atoms with Crippen LogP contribution < -0.4 is 0 Å². The highest BCUT2D eigenvalue weighted by Crippen LogP contribution is 2.40. The van der Waals surface area contributed by atoms with Crippen molar-refractivity contribution in [2.24, 2.45) is 0 Å². The maximum absolute atomic E-state index is 13.9. The van der Waals surface area contributed by atoms with Crippen LogP contribution in [0.1, 0.15) is 16.0 Å². The zero-order valence-electron chi connectivity index (χ0n) is 8.93. The largest absolute Gasteiger partial charge is 0.207 e. The summed E-state index contributed by atoms with van der Waals surface area (Å²) in [6.45, 7) is 0. The highest BCUT2D eigenvalue weighted by atomic mass is 79.9. The molecule has 1 atom stereocenters. The summed E-state index contributed by atoms with van der Waals surface area (Å²) in [4.78, 5) is -0.222. The Labute approximate surface area is 138 Å². The predicted octanol–water partition coefficient (Wildman–Crippen LogP) is 6.60. The third-order valence-electron chi connectivity index (χ3n) is 2.48. The van der Waals surface area contributed by atoms with E-state index >= 15 is 0 Å². The number of rotatable bonds is 2. The molecule has 0 amide bonds. The Morgan fingerprint density at radius 1 is 0.944 bits per heavy atom. The first-order valence-corrected chi connectivity index (χ1v) is 8.33. The highest BCUT2D eigenvalue weighted by molar-refractivity contribution is 9.11. The summed E-state index contributed by atoms with van der Waals surface area (Å²) in [5.74, 6) is -0.238. The lowest BCUT2D eigenvalue weighted by atomic mass is 10.0. The summed E-state index contributed by atoms with van der Waals surface area (Å²) in [5, 5.41) is 0. The summed E-state index contributed by atoms with van der Waals surface area (Å²) < 4.78 is 16.6. The number of halogens is 5. The zero-order valence-corrected chi connectivity index (χ0v) is 15.3. The molecule has 0 aliphatic rings. The van der Waals surface area contributed by atoms with Gasteiger partial charge in [0.1, 0.15) is 5.82 Å². The molecule has 94 valence electrons. The van der Waals surface area contributed by atoms with Gasteiger partial charge < -0.3 is 0 Å². The molecular formula is C13H7Br4F. The Kier molecular flexibility index (Phi) is 5.03. The number of hydrogen-bond donors (Lipinski definition) is 0. The van der Waals surface area contributed by atoms with Gasteiger partial charge in [-0.2, -0.15) is 0 Å². The standard InChI is InChI=1S/C13H7Br4F/c14-7-4-5-9(15)8(6-7)13(17)12-10(16)2-1-3-11(12)18/h1-6,13H. The van der Waals surface area contributed by atoms with Crippen LogP contribution in [0.5, 0.6) is 0 Å². The molecule has 1 unspecified atom stereocenters.